The van der Waals surface area contributed by atoms with Crippen LogP contribution in [0.15, 0.2) is 237 Å². The lowest BCUT2D eigenvalue weighted by Gasteiger charge is -2.22. The fourth-order valence-electron chi connectivity index (χ4n) is 11.1. The van der Waals surface area contributed by atoms with Crippen LogP contribution in [0.1, 0.15) is 16.7 Å². The van der Waals surface area contributed by atoms with Crippen LogP contribution in [-0.2, 0) is 6.18 Å². The van der Waals surface area contributed by atoms with Gasteiger partial charge in [0.2, 0.25) is 0 Å². The van der Waals surface area contributed by atoms with E-state index in [1.165, 1.54) is 12.1 Å². The van der Waals surface area contributed by atoms with Gasteiger partial charge in [-0.15, -0.1) is 0 Å². The van der Waals surface area contributed by atoms with Crippen molar-refractivity contribution in [2.24, 2.45) is 0 Å². The second-order valence-corrected chi connectivity index (χ2v) is 19.6. The molecule has 0 aliphatic rings. The monoisotopic (exact) mass is 1060 g/mol. The summed E-state index contributed by atoms with van der Waals surface area (Å²) in [5.74, 6) is 2.59. The molecule has 0 bridgehead atoms. The molecule has 82 heavy (non-hydrogen) atoms. The number of nitriles is 2. The van der Waals surface area contributed by atoms with E-state index in [2.05, 4.69) is 12.1 Å². The number of benzene rings is 10. The second-order valence-electron chi connectivity index (χ2n) is 19.6. The van der Waals surface area contributed by atoms with Gasteiger partial charge in [-0.2, -0.15) is 23.7 Å². The van der Waals surface area contributed by atoms with Crippen LogP contribution in [0.5, 0.6) is 0 Å². The molecule has 10 nitrogen and oxygen atoms in total. The molecule has 0 unspecified atom stereocenters. The molecule has 4 heterocycles. The van der Waals surface area contributed by atoms with Gasteiger partial charge in [-0.1, -0.05) is 194 Å². The topological polar surface area (TPSA) is 135 Å². The number of nitrogens with zero attached hydrogens (tertiary/aromatic N) is 10. The average Bonchev–Trinajstić information content (AvgIpc) is 4.17. The zero-order chi connectivity index (χ0) is 55.5. The van der Waals surface area contributed by atoms with Gasteiger partial charge in [0.05, 0.1) is 50.6 Å². The Balaban J connectivity index is 1.07. The standard InChI is InChI=1S/C69H39F3N10/c70-69(71,72)55-29-17-26-48(40-73)61(55)53-36-37-58(81-56-30-15-13-27-49(56)51-34-32-46(38-59(51)81)67-77-63(42-18-5-1-6-19-42)75-64(78-67)43-20-7-2-8-21-43)54(41-74)62(53)82-57-31-16-14-28-50(57)52-35-33-47(39-60(52)82)68-79-65(44-22-9-3-10-23-44)76-66(80-68)45-24-11-4-12-25-45/h1-39H. The van der Waals surface area contributed by atoms with E-state index in [-0.39, 0.29) is 27.9 Å². The summed E-state index contributed by atoms with van der Waals surface area (Å²) in [6, 6.07) is 77.1. The van der Waals surface area contributed by atoms with Gasteiger partial charge in [-0.3, -0.25) is 0 Å². The minimum atomic E-state index is -4.90. The summed E-state index contributed by atoms with van der Waals surface area (Å²) in [5, 5.41) is 26.0. The molecule has 386 valence electrons. The van der Waals surface area contributed by atoms with Gasteiger partial charge >= 0.3 is 6.18 Å². The molecule has 0 saturated carbocycles. The predicted molar refractivity (Wildman–Crippen MR) is 314 cm³/mol. The average molecular weight is 1070 g/mol. The Kier molecular flexibility index (Phi) is 11.8. The summed E-state index contributed by atoms with van der Waals surface area (Å²) in [7, 11) is 0. The van der Waals surface area contributed by atoms with Crippen molar-refractivity contribution in [3.63, 3.8) is 0 Å². The largest absolute Gasteiger partial charge is 0.417 e. The maximum Gasteiger partial charge on any atom is 0.417 e. The summed E-state index contributed by atoms with van der Waals surface area (Å²) in [6.45, 7) is 0. The number of hydrogen-bond acceptors (Lipinski definition) is 8. The molecule has 0 saturated heterocycles. The first-order chi connectivity index (χ1) is 40.2. The highest BCUT2D eigenvalue weighted by Crippen LogP contribution is 2.47. The minimum absolute atomic E-state index is 0.0178. The van der Waals surface area contributed by atoms with Gasteiger partial charge in [-0.25, -0.2) is 29.9 Å². The molecule has 0 radical (unpaired) electrons. The van der Waals surface area contributed by atoms with Crippen LogP contribution in [-0.4, -0.2) is 39.0 Å². The van der Waals surface area contributed by atoms with Gasteiger partial charge in [0, 0.05) is 66.1 Å². The quantitative estimate of drug-likeness (QED) is 0.139. The van der Waals surface area contributed by atoms with E-state index in [1.54, 1.807) is 12.1 Å². The van der Waals surface area contributed by atoms with Crippen molar-refractivity contribution in [3.8, 4) is 103 Å². The number of para-hydroxylation sites is 2. The molecular formula is C69H39F3N10. The van der Waals surface area contributed by atoms with E-state index in [0.717, 1.165) is 55.4 Å². The Morgan fingerprint density at radius 2 is 0.732 bits per heavy atom. The number of halogens is 3. The van der Waals surface area contributed by atoms with Crippen LogP contribution in [0.2, 0.25) is 0 Å². The van der Waals surface area contributed by atoms with Crippen molar-refractivity contribution in [1.82, 2.24) is 39.0 Å². The van der Waals surface area contributed by atoms with E-state index >= 15 is 13.2 Å². The molecule has 14 aromatic rings. The highest BCUT2D eigenvalue weighted by molar-refractivity contribution is 6.13. The Bertz CT molecular complexity index is 4810. The lowest BCUT2D eigenvalue weighted by atomic mass is 9.90. The van der Waals surface area contributed by atoms with E-state index in [4.69, 9.17) is 29.9 Å². The van der Waals surface area contributed by atoms with Gasteiger partial charge in [0.1, 0.15) is 11.6 Å². The van der Waals surface area contributed by atoms with E-state index < -0.39 is 11.7 Å². The second kappa shape index (κ2) is 19.8. The first kappa shape index (κ1) is 48.9. The SMILES string of the molecule is N#Cc1cccc(C(F)(F)F)c1-c1ccc(-n2c3ccccc3c3ccc(-c4nc(-c5ccccc5)nc(-c5ccccc5)n4)cc32)c(C#N)c1-n1c2ccccc2c2ccc(-c3nc(-c4ccccc4)nc(-c4ccccc4)n3)cc21. The highest BCUT2D eigenvalue weighted by atomic mass is 19.4. The number of aromatic nitrogens is 8. The molecule has 10 aromatic carbocycles. The third-order valence-corrected chi connectivity index (χ3v) is 14.8. The number of rotatable bonds is 9. The summed E-state index contributed by atoms with van der Waals surface area (Å²) >= 11 is 0. The summed E-state index contributed by atoms with van der Waals surface area (Å²) < 4.78 is 50.7. The van der Waals surface area contributed by atoms with E-state index in [9.17, 15) is 10.5 Å². The first-order valence-electron chi connectivity index (χ1n) is 26.2. The van der Waals surface area contributed by atoms with Crippen molar-refractivity contribution in [2.45, 2.75) is 6.18 Å². The number of hydrogen-bond donors (Lipinski definition) is 0. The molecular weight excluding hydrogens is 1030 g/mol. The molecule has 14 rings (SSSR count). The Morgan fingerprint density at radius 1 is 0.341 bits per heavy atom. The van der Waals surface area contributed by atoms with E-state index in [1.807, 2.05) is 215 Å². The van der Waals surface area contributed by atoms with Crippen LogP contribution in [0.4, 0.5) is 13.2 Å². The van der Waals surface area contributed by atoms with Crippen molar-refractivity contribution in [1.29, 1.82) is 10.5 Å². The van der Waals surface area contributed by atoms with Crippen molar-refractivity contribution < 1.29 is 13.2 Å². The highest BCUT2D eigenvalue weighted by Gasteiger charge is 2.37. The number of fused-ring (bicyclic) bond motifs is 6. The third kappa shape index (κ3) is 8.36. The summed E-state index contributed by atoms with van der Waals surface area (Å²) in [4.78, 5) is 30.0. The Hall–Kier alpha value is -11.4. The Labute approximate surface area is 466 Å². The van der Waals surface area contributed by atoms with E-state index in [0.29, 0.717) is 68.3 Å². The molecule has 0 aliphatic heterocycles. The first-order valence-corrected chi connectivity index (χ1v) is 26.2. The zero-order valence-electron chi connectivity index (χ0n) is 43.1. The van der Waals surface area contributed by atoms with Crippen molar-refractivity contribution in [2.75, 3.05) is 0 Å². The fourth-order valence-corrected chi connectivity index (χ4v) is 11.1. The van der Waals surface area contributed by atoms with Crippen molar-refractivity contribution in [3.05, 3.63) is 253 Å². The predicted octanol–water partition coefficient (Wildman–Crippen LogP) is 16.7. The van der Waals surface area contributed by atoms with Crippen LogP contribution in [0.25, 0.3) is 134 Å². The van der Waals surface area contributed by atoms with Gasteiger partial charge in [0.15, 0.2) is 34.9 Å². The maximum atomic E-state index is 15.6. The molecule has 0 spiro atoms. The van der Waals surface area contributed by atoms with Crippen LogP contribution < -0.4 is 0 Å². The van der Waals surface area contributed by atoms with Crippen LogP contribution >= 0.6 is 0 Å². The molecule has 0 aliphatic carbocycles. The normalized spacial score (nSPS) is 11.6. The smallest absolute Gasteiger partial charge is 0.308 e. The summed E-state index contributed by atoms with van der Waals surface area (Å²) in [6.07, 6.45) is -4.90. The van der Waals surface area contributed by atoms with Gasteiger partial charge in [0.25, 0.3) is 0 Å². The fraction of sp³-hybridized carbons (Fsp3) is 0.0145. The molecule has 0 fully saturated rings. The van der Waals surface area contributed by atoms with Gasteiger partial charge < -0.3 is 9.13 Å². The molecule has 0 amide bonds. The zero-order valence-corrected chi connectivity index (χ0v) is 43.1. The Morgan fingerprint density at radius 3 is 1.16 bits per heavy atom. The van der Waals surface area contributed by atoms with Gasteiger partial charge in [-0.05, 0) is 42.5 Å². The maximum absolute atomic E-state index is 15.6. The lowest BCUT2D eigenvalue weighted by molar-refractivity contribution is -0.137. The molecule has 0 N–H and O–H groups in total. The molecule has 13 heteroatoms. The lowest BCUT2D eigenvalue weighted by Crippen LogP contribution is -2.11. The summed E-state index contributed by atoms with van der Waals surface area (Å²) in [5.41, 5.74) is 5.87. The minimum Gasteiger partial charge on any atom is -0.308 e. The van der Waals surface area contributed by atoms with Crippen molar-refractivity contribution >= 4 is 43.6 Å². The third-order valence-electron chi connectivity index (χ3n) is 14.8. The number of alkyl halides is 3. The van der Waals surface area contributed by atoms with Crippen LogP contribution in [0, 0.1) is 22.7 Å². The molecule has 4 aromatic heterocycles. The molecule has 0 atom stereocenters. The van der Waals surface area contributed by atoms with Crippen LogP contribution in [0.3, 0.4) is 0 Å².